The van der Waals surface area contributed by atoms with Gasteiger partial charge < -0.3 is 31.9 Å². The number of nitrogens with zero attached hydrogens (tertiary/aromatic N) is 2. The Hall–Kier alpha value is -0.320. The van der Waals surface area contributed by atoms with E-state index in [-0.39, 0.29) is 0 Å². The fourth-order valence-electron chi connectivity index (χ4n) is 4.61. The van der Waals surface area contributed by atoms with Crippen LogP contribution in [0, 0.1) is 0 Å². The van der Waals surface area contributed by atoms with Crippen molar-refractivity contribution in [3.05, 3.63) is 0 Å². The fourth-order valence-corrected chi connectivity index (χ4v) is 4.61. The highest BCUT2D eigenvalue weighted by molar-refractivity contribution is 4.76. The Morgan fingerprint density at radius 1 is 0.452 bits per heavy atom. The summed E-state index contributed by atoms with van der Waals surface area (Å²) in [6.45, 7) is 20.1. The van der Waals surface area contributed by atoms with Crippen molar-refractivity contribution in [1.29, 1.82) is 0 Å². The van der Waals surface area contributed by atoms with E-state index in [9.17, 15) is 0 Å². The van der Waals surface area contributed by atoms with Crippen LogP contribution in [0.25, 0.3) is 0 Å². The molecule has 2 heterocycles. The van der Waals surface area contributed by atoms with Crippen LogP contribution >= 0.6 is 0 Å². The molecule has 2 saturated heterocycles. The maximum atomic E-state index is 3.68. The lowest BCUT2D eigenvalue weighted by Crippen LogP contribution is -2.53. The van der Waals surface area contributed by atoms with Crippen molar-refractivity contribution in [1.82, 2.24) is 41.7 Å². The third-order valence-corrected chi connectivity index (χ3v) is 6.33. The summed E-state index contributed by atoms with van der Waals surface area (Å²) in [5.41, 5.74) is 0. The largest absolute Gasteiger partial charge is 0.315 e. The van der Waals surface area contributed by atoms with Crippen molar-refractivity contribution >= 4 is 0 Å². The van der Waals surface area contributed by atoms with Gasteiger partial charge in [-0.1, -0.05) is 6.92 Å². The summed E-state index contributed by atoms with van der Waals surface area (Å²) in [5, 5.41) is 21.6. The van der Waals surface area contributed by atoms with Crippen molar-refractivity contribution in [3.8, 4) is 0 Å². The Bertz CT molecular complexity index is 336. The van der Waals surface area contributed by atoms with Crippen LogP contribution in [0.4, 0.5) is 0 Å². The van der Waals surface area contributed by atoms with Crippen LogP contribution < -0.4 is 31.9 Å². The first kappa shape index (κ1) is 26.9. The van der Waals surface area contributed by atoms with Gasteiger partial charge in [-0.3, -0.25) is 9.80 Å². The van der Waals surface area contributed by atoms with Gasteiger partial charge in [0, 0.05) is 65.4 Å². The van der Waals surface area contributed by atoms with Gasteiger partial charge in [0.15, 0.2) is 0 Å². The second-order valence-electron chi connectivity index (χ2n) is 8.88. The van der Waals surface area contributed by atoms with E-state index in [0.29, 0.717) is 6.17 Å². The summed E-state index contributed by atoms with van der Waals surface area (Å²) in [7, 11) is 0. The van der Waals surface area contributed by atoms with Gasteiger partial charge >= 0.3 is 0 Å². The zero-order valence-electron chi connectivity index (χ0n) is 20.3. The van der Waals surface area contributed by atoms with Gasteiger partial charge in [0.1, 0.15) is 0 Å². The Morgan fingerprint density at radius 2 is 0.806 bits per heavy atom. The van der Waals surface area contributed by atoms with Crippen molar-refractivity contribution in [2.45, 2.75) is 45.2 Å². The Labute approximate surface area is 192 Å². The maximum Gasteiger partial charge on any atom is 0.0620 e. The second kappa shape index (κ2) is 19.2. The summed E-state index contributed by atoms with van der Waals surface area (Å²) in [6.07, 6.45) is 6.57. The normalized spacial score (nSPS) is 25.0. The zero-order chi connectivity index (χ0) is 21.8. The molecule has 0 atom stereocenters. The van der Waals surface area contributed by atoms with E-state index in [0.717, 1.165) is 91.6 Å². The van der Waals surface area contributed by atoms with E-state index in [4.69, 9.17) is 0 Å². The molecule has 2 rings (SSSR count). The Morgan fingerprint density at radius 3 is 1.19 bits per heavy atom. The molecule has 0 unspecified atom stereocenters. The molecular formula is C23H52N8. The van der Waals surface area contributed by atoms with Gasteiger partial charge in [0.25, 0.3) is 0 Å². The Kier molecular flexibility index (Phi) is 16.7. The molecule has 184 valence electrons. The molecule has 0 radical (unpaired) electrons. The molecule has 0 aliphatic carbocycles. The third-order valence-electron chi connectivity index (χ3n) is 6.33. The lowest BCUT2D eigenvalue weighted by molar-refractivity contribution is 0.0379. The Balaban J connectivity index is 1.92. The summed E-state index contributed by atoms with van der Waals surface area (Å²) in [4.78, 5) is 5.50. The molecule has 0 bridgehead atoms. The molecule has 0 aromatic rings. The highest BCUT2D eigenvalue weighted by Gasteiger charge is 2.23. The molecule has 0 saturated carbocycles. The maximum absolute atomic E-state index is 3.68. The summed E-state index contributed by atoms with van der Waals surface area (Å²) < 4.78 is 0. The van der Waals surface area contributed by atoms with Crippen molar-refractivity contribution in [3.63, 3.8) is 0 Å². The van der Waals surface area contributed by atoms with E-state index in [1.807, 2.05) is 0 Å². The minimum atomic E-state index is 0.535. The van der Waals surface area contributed by atoms with Crippen molar-refractivity contribution in [2.75, 3.05) is 105 Å². The molecule has 0 aromatic carbocycles. The van der Waals surface area contributed by atoms with E-state index in [2.05, 4.69) is 48.6 Å². The lowest BCUT2D eigenvalue weighted by Gasteiger charge is -2.40. The van der Waals surface area contributed by atoms with Crippen LogP contribution in [0.2, 0.25) is 0 Å². The average molecular weight is 441 g/mol. The highest BCUT2D eigenvalue weighted by Crippen LogP contribution is 2.12. The molecule has 0 aromatic heterocycles. The average Bonchev–Trinajstić information content (AvgIpc) is 2.78. The molecular weight excluding hydrogens is 388 g/mol. The van der Waals surface area contributed by atoms with E-state index in [1.165, 1.54) is 45.2 Å². The second-order valence-corrected chi connectivity index (χ2v) is 8.88. The first-order chi connectivity index (χ1) is 15.4. The summed E-state index contributed by atoms with van der Waals surface area (Å²) >= 11 is 0. The van der Waals surface area contributed by atoms with E-state index >= 15 is 0 Å². The SMILES string of the molecule is CCC(N1CCCNCCNCCCNCC1)N1CCCNCCNCCCNCC1. The van der Waals surface area contributed by atoms with Gasteiger partial charge in [0.2, 0.25) is 0 Å². The molecule has 2 aliphatic heterocycles. The molecule has 6 N–H and O–H groups in total. The van der Waals surface area contributed by atoms with Crippen LogP contribution in [0.15, 0.2) is 0 Å². The van der Waals surface area contributed by atoms with Crippen LogP contribution in [0.3, 0.4) is 0 Å². The monoisotopic (exact) mass is 440 g/mol. The van der Waals surface area contributed by atoms with E-state index < -0.39 is 0 Å². The number of nitrogens with one attached hydrogen (secondary N) is 6. The standard InChI is InChI=1S/C23H52N8/c1-2-23(30-19-5-11-26-15-13-24-7-3-9-28-17-21-30)31-20-6-12-27-16-14-25-8-4-10-29-18-22-31/h23-29H,2-22H2,1H3. The summed E-state index contributed by atoms with van der Waals surface area (Å²) in [6, 6.07) is 0. The quantitative estimate of drug-likeness (QED) is 0.349. The van der Waals surface area contributed by atoms with Gasteiger partial charge in [-0.2, -0.15) is 0 Å². The minimum absolute atomic E-state index is 0.535. The van der Waals surface area contributed by atoms with Crippen LogP contribution in [-0.4, -0.2) is 121 Å². The number of rotatable bonds is 3. The fraction of sp³-hybridized carbons (Fsp3) is 1.00. The first-order valence-electron chi connectivity index (χ1n) is 13.1. The molecule has 0 amide bonds. The van der Waals surface area contributed by atoms with Gasteiger partial charge in [0.05, 0.1) is 6.17 Å². The highest BCUT2D eigenvalue weighted by atomic mass is 15.4. The number of hydrogen-bond acceptors (Lipinski definition) is 8. The third kappa shape index (κ3) is 13.1. The van der Waals surface area contributed by atoms with E-state index in [1.54, 1.807) is 0 Å². The lowest BCUT2D eigenvalue weighted by atomic mass is 10.2. The molecule has 2 aliphatic rings. The van der Waals surface area contributed by atoms with Crippen LogP contribution in [-0.2, 0) is 0 Å². The van der Waals surface area contributed by atoms with Gasteiger partial charge in [-0.15, -0.1) is 0 Å². The molecule has 8 heteroatoms. The predicted molar refractivity (Wildman–Crippen MR) is 133 cm³/mol. The topological polar surface area (TPSA) is 78.7 Å². The van der Waals surface area contributed by atoms with Crippen LogP contribution in [0.5, 0.6) is 0 Å². The summed E-state index contributed by atoms with van der Waals surface area (Å²) in [5.74, 6) is 0. The van der Waals surface area contributed by atoms with Crippen molar-refractivity contribution in [2.24, 2.45) is 0 Å². The zero-order valence-corrected chi connectivity index (χ0v) is 20.3. The molecule has 2 fully saturated rings. The van der Waals surface area contributed by atoms with Crippen molar-refractivity contribution < 1.29 is 0 Å². The van der Waals surface area contributed by atoms with Gasteiger partial charge in [-0.25, -0.2) is 0 Å². The smallest absolute Gasteiger partial charge is 0.0620 e. The first-order valence-corrected chi connectivity index (χ1v) is 13.1. The molecule has 31 heavy (non-hydrogen) atoms. The molecule has 0 spiro atoms. The number of hydrogen-bond donors (Lipinski definition) is 6. The van der Waals surface area contributed by atoms with Crippen LogP contribution in [0.1, 0.15) is 39.0 Å². The molecule has 8 nitrogen and oxygen atoms in total. The van der Waals surface area contributed by atoms with Gasteiger partial charge in [-0.05, 0) is 71.4 Å². The predicted octanol–water partition coefficient (Wildman–Crippen LogP) is -0.548. The minimum Gasteiger partial charge on any atom is -0.315 e.